The maximum absolute atomic E-state index is 14.0. The Morgan fingerprint density at radius 2 is 1.53 bits per heavy atom. The van der Waals surface area contributed by atoms with Crippen molar-refractivity contribution in [2.45, 2.75) is 0 Å². The number of piperazine rings is 1. The minimum Gasteiger partial charge on any atom is -0.451 e. The molecule has 6 nitrogen and oxygen atoms in total. The van der Waals surface area contributed by atoms with Crippen molar-refractivity contribution in [3.05, 3.63) is 107 Å². The third-order valence-electron chi connectivity index (χ3n) is 6.12. The Balaban J connectivity index is 1.17. The summed E-state index contributed by atoms with van der Waals surface area (Å²) in [6, 6.07) is 24.7. The SMILES string of the molecule is O=C(Nc1ccc(N2CCN(C(=O)c3ccccc3F)CC2)cc1)c1ccc(-c2ccc(Br)cc2)o1. The van der Waals surface area contributed by atoms with E-state index in [2.05, 4.69) is 26.1 Å². The van der Waals surface area contributed by atoms with Crippen LogP contribution in [0.15, 0.2) is 93.8 Å². The molecule has 1 aliphatic rings. The summed E-state index contributed by atoms with van der Waals surface area (Å²) in [5.41, 5.74) is 2.63. The third-order valence-corrected chi connectivity index (χ3v) is 6.65. The van der Waals surface area contributed by atoms with E-state index in [0.717, 1.165) is 15.7 Å². The summed E-state index contributed by atoms with van der Waals surface area (Å²) in [4.78, 5) is 29.1. The van der Waals surface area contributed by atoms with Gasteiger partial charge in [0.05, 0.1) is 5.56 Å². The molecule has 3 aromatic carbocycles. The molecule has 0 aliphatic carbocycles. The van der Waals surface area contributed by atoms with Crippen LogP contribution in [0.5, 0.6) is 0 Å². The Kier molecular flexibility index (Phi) is 6.86. The van der Waals surface area contributed by atoms with Crippen molar-refractivity contribution in [1.82, 2.24) is 4.90 Å². The van der Waals surface area contributed by atoms with E-state index in [-0.39, 0.29) is 23.1 Å². The first-order chi connectivity index (χ1) is 17.5. The standard InChI is InChI=1S/C28H23BrFN3O3/c29-20-7-5-19(6-8-20)25-13-14-26(36-25)27(34)31-21-9-11-22(12-10-21)32-15-17-33(18-16-32)28(35)23-3-1-2-4-24(23)30/h1-14H,15-18H2,(H,31,34). The molecule has 0 spiro atoms. The second-order valence-corrected chi connectivity index (χ2v) is 9.35. The van der Waals surface area contributed by atoms with E-state index in [1.807, 2.05) is 48.5 Å². The first-order valence-electron chi connectivity index (χ1n) is 11.5. The highest BCUT2D eigenvalue weighted by Gasteiger charge is 2.24. The zero-order chi connectivity index (χ0) is 25.1. The van der Waals surface area contributed by atoms with Gasteiger partial charge in [-0.3, -0.25) is 9.59 Å². The van der Waals surface area contributed by atoms with Gasteiger partial charge >= 0.3 is 0 Å². The first kappa shape index (κ1) is 23.8. The molecular formula is C28H23BrFN3O3. The predicted octanol–water partition coefficient (Wildman–Crippen LogP) is 6.06. The summed E-state index contributed by atoms with van der Waals surface area (Å²) in [5, 5.41) is 2.86. The second kappa shape index (κ2) is 10.4. The Morgan fingerprint density at radius 1 is 0.833 bits per heavy atom. The number of anilines is 2. The number of rotatable bonds is 5. The van der Waals surface area contributed by atoms with E-state index in [4.69, 9.17) is 4.42 Å². The molecule has 1 fully saturated rings. The number of halogens is 2. The van der Waals surface area contributed by atoms with Crippen LogP contribution in [0.1, 0.15) is 20.9 Å². The Hall–Kier alpha value is -3.91. The molecule has 0 atom stereocenters. The molecule has 0 saturated carbocycles. The molecule has 1 aliphatic heterocycles. The maximum Gasteiger partial charge on any atom is 0.291 e. The fraction of sp³-hybridized carbons (Fsp3) is 0.143. The minimum atomic E-state index is -0.498. The first-order valence-corrected chi connectivity index (χ1v) is 12.3. The molecule has 4 aromatic rings. The second-order valence-electron chi connectivity index (χ2n) is 8.43. The Bertz CT molecular complexity index is 1380. The van der Waals surface area contributed by atoms with Crippen molar-refractivity contribution in [2.24, 2.45) is 0 Å². The van der Waals surface area contributed by atoms with E-state index in [0.29, 0.717) is 37.6 Å². The van der Waals surface area contributed by atoms with Crippen LogP contribution in [0.25, 0.3) is 11.3 Å². The zero-order valence-electron chi connectivity index (χ0n) is 19.3. The number of carbonyl (C=O) groups is 2. The van der Waals surface area contributed by atoms with Gasteiger partial charge in [0.2, 0.25) is 0 Å². The molecule has 0 radical (unpaired) electrons. The van der Waals surface area contributed by atoms with Crippen molar-refractivity contribution in [1.29, 1.82) is 0 Å². The van der Waals surface area contributed by atoms with Gasteiger partial charge in [-0.1, -0.05) is 40.2 Å². The van der Waals surface area contributed by atoms with Crippen LogP contribution in [-0.4, -0.2) is 42.9 Å². The number of nitrogens with one attached hydrogen (secondary N) is 1. The molecular weight excluding hydrogens is 525 g/mol. The lowest BCUT2D eigenvalue weighted by molar-refractivity contribution is 0.0742. The largest absolute Gasteiger partial charge is 0.451 e. The lowest BCUT2D eigenvalue weighted by atomic mass is 10.1. The van der Waals surface area contributed by atoms with Crippen molar-refractivity contribution in [3.63, 3.8) is 0 Å². The number of furan rings is 1. The van der Waals surface area contributed by atoms with Gasteiger partial charge in [0, 0.05) is 47.6 Å². The van der Waals surface area contributed by atoms with Crippen LogP contribution in [0.3, 0.4) is 0 Å². The Labute approximate surface area is 216 Å². The summed E-state index contributed by atoms with van der Waals surface area (Å²) >= 11 is 3.41. The van der Waals surface area contributed by atoms with Crippen molar-refractivity contribution >= 4 is 39.1 Å². The molecule has 1 aromatic heterocycles. The van der Waals surface area contributed by atoms with E-state index in [9.17, 15) is 14.0 Å². The average molecular weight is 548 g/mol. The van der Waals surface area contributed by atoms with Crippen LogP contribution in [0, 0.1) is 5.82 Å². The van der Waals surface area contributed by atoms with E-state index < -0.39 is 5.82 Å². The average Bonchev–Trinajstić information content (AvgIpc) is 3.40. The highest BCUT2D eigenvalue weighted by Crippen LogP contribution is 2.25. The molecule has 182 valence electrons. The monoisotopic (exact) mass is 547 g/mol. The van der Waals surface area contributed by atoms with Crippen molar-refractivity contribution in [3.8, 4) is 11.3 Å². The van der Waals surface area contributed by atoms with Crippen molar-refractivity contribution < 1.29 is 18.4 Å². The van der Waals surface area contributed by atoms with Crippen LogP contribution in [0.2, 0.25) is 0 Å². The van der Waals surface area contributed by atoms with Gasteiger partial charge in [-0.25, -0.2) is 4.39 Å². The quantitative estimate of drug-likeness (QED) is 0.329. The molecule has 5 rings (SSSR count). The highest BCUT2D eigenvalue weighted by atomic mass is 79.9. The molecule has 1 saturated heterocycles. The minimum absolute atomic E-state index is 0.103. The number of benzene rings is 3. The Morgan fingerprint density at radius 3 is 2.22 bits per heavy atom. The number of hydrogen-bond donors (Lipinski definition) is 1. The number of hydrogen-bond acceptors (Lipinski definition) is 4. The highest BCUT2D eigenvalue weighted by molar-refractivity contribution is 9.10. The van der Waals surface area contributed by atoms with Crippen LogP contribution >= 0.6 is 15.9 Å². The van der Waals surface area contributed by atoms with E-state index in [1.165, 1.54) is 12.1 Å². The van der Waals surface area contributed by atoms with Crippen molar-refractivity contribution in [2.75, 3.05) is 36.4 Å². The summed E-state index contributed by atoms with van der Waals surface area (Å²) in [7, 11) is 0. The molecule has 0 unspecified atom stereocenters. The zero-order valence-corrected chi connectivity index (χ0v) is 20.9. The molecule has 0 bridgehead atoms. The maximum atomic E-state index is 14.0. The lowest BCUT2D eigenvalue weighted by Crippen LogP contribution is -2.49. The summed E-state index contributed by atoms with van der Waals surface area (Å²) in [5.74, 6) is -0.261. The predicted molar refractivity (Wildman–Crippen MR) is 141 cm³/mol. The van der Waals surface area contributed by atoms with Crippen LogP contribution < -0.4 is 10.2 Å². The van der Waals surface area contributed by atoms with Gasteiger partial charge in [0.25, 0.3) is 11.8 Å². The normalized spacial score (nSPS) is 13.5. The summed E-state index contributed by atoms with van der Waals surface area (Å²) in [6.45, 7) is 2.28. The number of carbonyl (C=O) groups excluding carboxylic acids is 2. The number of nitrogens with zero attached hydrogens (tertiary/aromatic N) is 2. The fourth-order valence-electron chi connectivity index (χ4n) is 4.15. The third kappa shape index (κ3) is 5.18. The van der Waals surface area contributed by atoms with Gasteiger partial charge in [0.1, 0.15) is 11.6 Å². The molecule has 2 heterocycles. The van der Waals surface area contributed by atoms with E-state index in [1.54, 1.807) is 29.2 Å². The van der Waals surface area contributed by atoms with Gasteiger partial charge in [0.15, 0.2) is 5.76 Å². The smallest absolute Gasteiger partial charge is 0.291 e. The molecule has 36 heavy (non-hydrogen) atoms. The summed E-state index contributed by atoms with van der Waals surface area (Å²) in [6.07, 6.45) is 0. The van der Waals surface area contributed by atoms with Gasteiger partial charge in [-0.2, -0.15) is 0 Å². The van der Waals surface area contributed by atoms with Gasteiger partial charge in [-0.15, -0.1) is 0 Å². The topological polar surface area (TPSA) is 65.8 Å². The van der Waals surface area contributed by atoms with Gasteiger partial charge in [-0.05, 0) is 60.7 Å². The van der Waals surface area contributed by atoms with Crippen LogP contribution in [-0.2, 0) is 0 Å². The fourth-order valence-corrected chi connectivity index (χ4v) is 4.41. The molecule has 2 amide bonds. The molecule has 1 N–H and O–H groups in total. The van der Waals surface area contributed by atoms with E-state index >= 15 is 0 Å². The van der Waals surface area contributed by atoms with Gasteiger partial charge < -0.3 is 19.5 Å². The lowest BCUT2D eigenvalue weighted by Gasteiger charge is -2.36. The molecule has 8 heteroatoms. The summed E-state index contributed by atoms with van der Waals surface area (Å²) < 4.78 is 20.7. The van der Waals surface area contributed by atoms with Crippen LogP contribution in [0.4, 0.5) is 15.8 Å². The number of amides is 2.